The molecular formula is C24H17BrSi. The predicted octanol–water partition coefficient (Wildman–Crippen LogP) is 3.81. The van der Waals surface area contributed by atoms with Crippen molar-refractivity contribution < 1.29 is 0 Å². The molecule has 0 spiro atoms. The van der Waals surface area contributed by atoms with Gasteiger partial charge in [-0.3, -0.25) is 0 Å². The van der Waals surface area contributed by atoms with Crippen LogP contribution in [0.3, 0.4) is 0 Å². The monoisotopic (exact) mass is 412 g/mol. The average Bonchev–Trinajstić information content (AvgIpc) is 3.00. The lowest BCUT2D eigenvalue weighted by atomic mass is 10.1. The SMILES string of the molecule is Brc1ccc2c(c1)[Si](c1ccccc1)(c1ccccc1)c1ccccc1-2. The highest BCUT2D eigenvalue weighted by Gasteiger charge is 2.48. The second kappa shape index (κ2) is 6.08. The van der Waals surface area contributed by atoms with E-state index in [1.165, 1.54) is 31.9 Å². The van der Waals surface area contributed by atoms with E-state index in [2.05, 4.69) is 119 Å². The zero-order valence-electron chi connectivity index (χ0n) is 14.2. The molecule has 0 saturated heterocycles. The third-order valence-electron chi connectivity index (χ3n) is 5.42. The first-order valence-corrected chi connectivity index (χ1v) is 11.6. The van der Waals surface area contributed by atoms with Crippen LogP contribution >= 0.6 is 15.9 Å². The molecule has 0 bridgehead atoms. The Morgan fingerprint density at radius 1 is 0.500 bits per heavy atom. The van der Waals surface area contributed by atoms with E-state index in [4.69, 9.17) is 0 Å². The fourth-order valence-corrected chi connectivity index (χ4v) is 10.2. The van der Waals surface area contributed by atoms with Crippen LogP contribution in [0, 0.1) is 0 Å². The number of hydrogen-bond acceptors (Lipinski definition) is 0. The first-order valence-electron chi connectivity index (χ1n) is 8.83. The Bertz CT molecular complexity index is 1050. The average molecular weight is 413 g/mol. The van der Waals surface area contributed by atoms with Crippen molar-refractivity contribution in [2.45, 2.75) is 0 Å². The summed E-state index contributed by atoms with van der Waals surface area (Å²) < 4.78 is 1.15. The number of rotatable bonds is 2. The Kier molecular flexibility index (Phi) is 3.70. The first-order chi connectivity index (χ1) is 12.8. The lowest BCUT2D eigenvalue weighted by molar-refractivity contribution is 1.67. The Morgan fingerprint density at radius 2 is 1.04 bits per heavy atom. The number of benzene rings is 4. The lowest BCUT2D eigenvalue weighted by Gasteiger charge is -2.31. The quantitative estimate of drug-likeness (QED) is 0.386. The number of hydrogen-bond donors (Lipinski definition) is 0. The van der Waals surface area contributed by atoms with Gasteiger partial charge in [0.1, 0.15) is 0 Å². The smallest absolute Gasteiger partial charge is 0.0623 e. The van der Waals surface area contributed by atoms with Gasteiger partial charge >= 0.3 is 0 Å². The lowest BCUT2D eigenvalue weighted by Crippen LogP contribution is -2.72. The molecule has 5 rings (SSSR count). The largest absolute Gasteiger partial charge is 0.180 e. The molecule has 0 atom stereocenters. The van der Waals surface area contributed by atoms with Crippen LogP contribution in [-0.4, -0.2) is 8.07 Å². The Labute approximate surface area is 163 Å². The predicted molar refractivity (Wildman–Crippen MR) is 117 cm³/mol. The summed E-state index contributed by atoms with van der Waals surface area (Å²) >= 11 is 3.73. The van der Waals surface area contributed by atoms with Crippen LogP contribution in [0.25, 0.3) is 11.1 Å². The van der Waals surface area contributed by atoms with Crippen molar-refractivity contribution in [3.05, 3.63) is 108 Å². The zero-order valence-corrected chi connectivity index (χ0v) is 16.8. The summed E-state index contributed by atoms with van der Waals surface area (Å²) in [6.45, 7) is 0. The maximum Gasteiger partial charge on any atom is 0.180 e. The minimum Gasteiger partial charge on any atom is -0.0623 e. The van der Waals surface area contributed by atoms with E-state index in [1.807, 2.05) is 0 Å². The molecule has 0 nitrogen and oxygen atoms in total. The summed E-state index contributed by atoms with van der Waals surface area (Å²) in [7, 11) is -2.29. The fraction of sp³-hybridized carbons (Fsp3) is 0. The molecule has 1 aliphatic rings. The standard InChI is InChI=1S/C24H17BrSi/c25-18-15-16-22-21-13-7-8-14-23(21)26(24(22)17-18,19-9-3-1-4-10-19)20-11-5-2-6-12-20/h1-17H. The van der Waals surface area contributed by atoms with Gasteiger partial charge in [0.05, 0.1) is 0 Å². The molecule has 0 fully saturated rings. The molecule has 0 amide bonds. The third kappa shape index (κ3) is 2.12. The second-order valence-electron chi connectivity index (χ2n) is 6.72. The summed E-state index contributed by atoms with van der Waals surface area (Å²) in [4.78, 5) is 0. The van der Waals surface area contributed by atoms with E-state index in [9.17, 15) is 0 Å². The van der Waals surface area contributed by atoms with Crippen molar-refractivity contribution in [2.75, 3.05) is 0 Å². The van der Waals surface area contributed by atoms with Gasteiger partial charge in [0.15, 0.2) is 8.07 Å². The van der Waals surface area contributed by atoms with E-state index in [1.54, 1.807) is 0 Å². The molecule has 4 aromatic rings. The van der Waals surface area contributed by atoms with Crippen LogP contribution in [0.2, 0.25) is 0 Å². The maximum absolute atomic E-state index is 3.73. The molecule has 0 radical (unpaired) electrons. The Balaban J connectivity index is 1.99. The molecule has 2 heteroatoms. The van der Waals surface area contributed by atoms with Crippen LogP contribution < -0.4 is 20.7 Å². The van der Waals surface area contributed by atoms with Gasteiger partial charge in [-0.2, -0.15) is 0 Å². The molecule has 26 heavy (non-hydrogen) atoms. The molecule has 1 aliphatic heterocycles. The topological polar surface area (TPSA) is 0 Å². The molecule has 0 aliphatic carbocycles. The van der Waals surface area contributed by atoms with Crippen molar-refractivity contribution in [1.29, 1.82) is 0 Å². The van der Waals surface area contributed by atoms with Crippen LogP contribution in [0.15, 0.2) is 108 Å². The highest BCUT2D eigenvalue weighted by Crippen LogP contribution is 2.29. The molecule has 0 saturated carbocycles. The molecule has 0 aromatic heterocycles. The van der Waals surface area contributed by atoms with Gasteiger partial charge in [0.25, 0.3) is 0 Å². The van der Waals surface area contributed by atoms with E-state index < -0.39 is 8.07 Å². The summed E-state index contributed by atoms with van der Waals surface area (Å²) in [5.41, 5.74) is 2.76. The zero-order chi connectivity index (χ0) is 17.6. The van der Waals surface area contributed by atoms with Crippen molar-refractivity contribution in [3.8, 4) is 11.1 Å². The van der Waals surface area contributed by atoms with Gasteiger partial charge in [-0.25, -0.2) is 0 Å². The highest BCUT2D eigenvalue weighted by atomic mass is 79.9. The van der Waals surface area contributed by atoms with E-state index >= 15 is 0 Å². The van der Waals surface area contributed by atoms with Gasteiger partial charge in [-0.05, 0) is 44.0 Å². The normalized spacial score (nSPS) is 13.9. The number of fused-ring (bicyclic) bond motifs is 3. The number of halogens is 1. The minimum atomic E-state index is -2.29. The highest BCUT2D eigenvalue weighted by molar-refractivity contribution is 9.10. The van der Waals surface area contributed by atoms with Gasteiger partial charge in [0.2, 0.25) is 0 Å². The van der Waals surface area contributed by atoms with Crippen molar-refractivity contribution in [1.82, 2.24) is 0 Å². The summed E-state index contributed by atoms with van der Waals surface area (Å²) in [6.07, 6.45) is 0. The van der Waals surface area contributed by atoms with Gasteiger partial charge < -0.3 is 0 Å². The van der Waals surface area contributed by atoms with Gasteiger partial charge in [-0.15, -0.1) is 0 Å². The molecule has 1 heterocycles. The molecule has 124 valence electrons. The van der Waals surface area contributed by atoms with E-state index in [-0.39, 0.29) is 0 Å². The van der Waals surface area contributed by atoms with Crippen LogP contribution in [0.5, 0.6) is 0 Å². The van der Waals surface area contributed by atoms with Gasteiger partial charge in [0, 0.05) is 4.47 Å². The summed E-state index contributed by atoms with van der Waals surface area (Å²) in [6, 6.07) is 37.9. The van der Waals surface area contributed by atoms with Crippen molar-refractivity contribution in [2.24, 2.45) is 0 Å². The molecular weight excluding hydrogens is 396 g/mol. The Morgan fingerprint density at radius 3 is 1.69 bits per heavy atom. The molecule has 0 unspecified atom stereocenters. The van der Waals surface area contributed by atoms with Crippen LogP contribution in [0.1, 0.15) is 0 Å². The Hall–Kier alpha value is -2.42. The third-order valence-corrected chi connectivity index (χ3v) is 10.8. The maximum atomic E-state index is 3.73. The van der Waals surface area contributed by atoms with E-state index in [0.717, 1.165) is 4.47 Å². The van der Waals surface area contributed by atoms with E-state index in [0.29, 0.717) is 0 Å². The fourth-order valence-electron chi connectivity index (χ4n) is 4.42. The minimum absolute atomic E-state index is 1.15. The van der Waals surface area contributed by atoms with Gasteiger partial charge in [-0.1, -0.05) is 107 Å². The van der Waals surface area contributed by atoms with Crippen molar-refractivity contribution >= 4 is 44.8 Å². The van der Waals surface area contributed by atoms with Crippen LogP contribution in [0.4, 0.5) is 0 Å². The first kappa shape index (κ1) is 15.8. The molecule has 0 N–H and O–H groups in total. The summed E-state index contributed by atoms with van der Waals surface area (Å²) in [5.74, 6) is 0. The van der Waals surface area contributed by atoms with Crippen molar-refractivity contribution in [3.63, 3.8) is 0 Å². The van der Waals surface area contributed by atoms with Crippen LogP contribution in [-0.2, 0) is 0 Å². The molecule has 4 aromatic carbocycles. The second-order valence-corrected chi connectivity index (χ2v) is 11.4. The summed E-state index contributed by atoms with van der Waals surface area (Å²) in [5, 5.41) is 5.85.